The molecule has 0 saturated heterocycles. The van der Waals surface area contributed by atoms with Crippen molar-refractivity contribution < 1.29 is 27.5 Å². The van der Waals surface area contributed by atoms with E-state index in [1.165, 1.54) is 36.8 Å². The topological polar surface area (TPSA) is 98.8 Å². The number of hydrogen-bond donors (Lipinski definition) is 1. The fourth-order valence-corrected chi connectivity index (χ4v) is 4.40. The normalized spacial score (nSPS) is 11.0. The van der Waals surface area contributed by atoms with E-state index in [-0.39, 0.29) is 26.0 Å². The molecule has 2 aromatic rings. The molecule has 1 aromatic heterocycles. The number of esters is 2. The van der Waals surface area contributed by atoms with Crippen LogP contribution in [0.3, 0.4) is 0 Å². The fourth-order valence-electron chi connectivity index (χ4n) is 1.82. The van der Waals surface area contributed by atoms with Gasteiger partial charge in [0.25, 0.3) is 10.0 Å². The zero-order chi connectivity index (χ0) is 17.9. The average molecular weight is 390 g/mol. The minimum atomic E-state index is -4.05. The van der Waals surface area contributed by atoms with Crippen LogP contribution >= 0.6 is 22.9 Å². The Hall–Kier alpha value is -2.10. The highest BCUT2D eigenvalue weighted by Crippen LogP contribution is 2.27. The number of methoxy groups -OCH3 is 2. The smallest absolute Gasteiger partial charge is 0.349 e. The van der Waals surface area contributed by atoms with Crippen molar-refractivity contribution in [3.8, 4) is 0 Å². The Bertz CT molecular complexity index is 890. The first-order valence-electron chi connectivity index (χ1n) is 6.36. The summed E-state index contributed by atoms with van der Waals surface area (Å²) in [5, 5.41) is 1.58. The van der Waals surface area contributed by atoms with Gasteiger partial charge in [0, 0.05) is 5.69 Å². The van der Waals surface area contributed by atoms with Crippen molar-refractivity contribution in [3.05, 3.63) is 45.1 Å². The van der Waals surface area contributed by atoms with Crippen molar-refractivity contribution in [1.82, 2.24) is 0 Å². The summed E-state index contributed by atoms with van der Waals surface area (Å²) in [5.74, 6) is -1.46. The summed E-state index contributed by atoms with van der Waals surface area (Å²) in [6.45, 7) is 0. The first kappa shape index (κ1) is 18.2. The van der Waals surface area contributed by atoms with Gasteiger partial charge < -0.3 is 9.47 Å². The molecule has 0 bridgehead atoms. The Morgan fingerprint density at radius 2 is 1.79 bits per heavy atom. The number of carbonyl (C=O) groups excluding carboxylic acids is 2. The van der Waals surface area contributed by atoms with E-state index in [0.29, 0.717) is 0 Å². The highest BCUT2D eigenvalue weighted by Gasteiger charge is 2.25. The number of halogens is 1. The molecule has 128 valence electrons. The largest absolute Gasteiger partial charge is 0.465 e. The van der Waals surface area contributed by atoms with Crippen LogP contribution in [-0.4, -0.2) is 34.6 Å². The summed E-state index contributed by atoms with van der Waals surface area (Å²) in [4.78, 5) is 23.0. The maximum absolute atomic E-state index is 12.5. The summed E-state index contributed by atoms with van der Waals surface area (Å²) in [6.07, 6.45) is 0. The zero-order valence-corrected chi connectivity index (χ0v) is 14.9. The summed E-state index contributed by atoms with van der Waals surface area (Å²) < 4.78 is 36.4. The molecule has 10 heteroatoms. The van der Waals surface area contributed by atoms with Crippen LogP contribution in [-0.2, 0) is 19.5 Å². The molecule has 0 unspecified atom stereocenters. The molecule has 0 spiro atoms. The lowest BCUT2D eigenvalue weighted by Gasteiger charge is -2.10. The van der Waals surface area contributed by atoms with Crippen molar-refractivity contribution in [1.29, 1.82) is 0 Å². The third kappa shape index (κ3) is 3.69. The van der Waals surface area contributed by atoms with Gasteiger partial charge >= 0.3 is 11.9 Å². The van der Waals surface area contributed by atoms with Gasteiger partial charge in [-0.05, 0) is 29.6 Å². The fraction of sp³-hybridized carbons (Fsp3) is 0.143. The van der Waals surface area contributed by atoms with E-state index in [0.717, 1.165) is 18.4 Å². The summed E-state index contributed by atoms with van der Waals surface area (Å²) in [5.41, 5.74) is 0.111. The number of thiophene rings is 1. The van der Waals surface area contributed by atoms with Crippen molar-refractivity contribution in [2.45, 2.75) is 4.90 Å². The average Bonchev–Trinajstić information content (AvgIpc) is 3.05. The van der Waals surface area contributed by atoms with Crippen molar-refractivity contribution >= 4 is 50.6 Å². The molecule has 1 aromatic carbocycles. The van der Waals surface area contributed by atoms with E-state index in [1.54, 1.807) is 0 Å². The number of anilines is 1. The van der Waals surface area contributed by atoms with Gasteiger partial charge in [0.05, 0.1) is 24.8 Å². The molecule has 0 atom stereocenters. The lowest BCUT2D eigenvalue weighted by Crippen LogP contribution is -2.16. The molecule has 2 rings (SSSR count). The van der Waals surface area contributed by atoms with Gasteiger partial charge in [-0.25, -0.2) is 18.0 Å². The quantitative estimate of drug-likeness (QED) is 0.789. The summed E-state index contributed by atoms with van der Waals surface area (Å²) in [7, 11) is -1.71. The molecular weight excluding hydrogens is 378 g/mol. The van der Waals surface area contributed by atoms with Gasteiger partial charge in [-0.3, -0.25) is 4.72 Å². The Morgan fingerprint density at radius 1 is 1.12 bits per heavy atom. The molecule has 0 saturated carbocycles. The number of rotatable bonds is 5. The standard InChI is InChI=1S/C14H12ClNO6S2/c1-21-13(17)9-7-8(3-4-10(9)15)16-24(19,20)11-5-6-23-12(11)14(18)22-2/h3-7,16H,1-2H3. The van der Waals surface area contributed by atoms with Gasteiger partial charge in [0.15, 0.2) is 0 Å². The number of nitrogens with one attached hydrogen (secondary N) is 1. The van der Waals surface area contributed by atoms with Crippen molar-refractivity contribution in [2.24, 2.45) is 0 Å². The minimum absolute atomic E-state index is 0.0119. The molecule has 0 fully saturated rings. The van der Waals surface area contributed by atoms with E-state index in [2.05, 4.69) is 14.2 Å². The van der Waals surface area contributed by atoms with E-state index >= 15 is 0 Å². The number of ether oxygens (including phenoxy) is 2. The second kappa shape index (κ2) is 7.20. The highest BCUT2D eigenvalue weighted by molar-refractivity contribution is 7.93. The maximum atomic E-state index is 12.5. The van der Waals surface area contributed by atoms with Gasteiger partial charge in [-0.1, -0.05) is 11.6 Å². The first-order chi connectivity index (χ1) is 11.3. The molecule has 7 nitrogen and oxygen atoms in total. The lowest BCUT2D eigenvalue weighted by atomic mass is 10.2. The van der Waals surface area contributed by atoms with Crippen LogP contribution in [0.4, 0.5) is 5.69 Å². The minimum Gasteiger partial charge on any atom is -0.465 e. The lowest BCUT2D eigenvalue weighted by molar-refractivity contribution is 0.0593. The maximum Gasteiger partial charge on any atom is 0.349 e. The van der Waals surface area contributed by atoms with E-state index in [9.17, 15) is 18.0 Å². The molecule has 0 amide bonds. The molecule has 0 aliphatic rings. The summed E-state index contributed by atoms with van der Waals surface area (Å²) in [6, 6.07) is 5.28. The third-order valence-electron chi connectivity index (χ3n) is 2.91. The van der Waals surface area contributed by atoms with Crippen molar-refractivity contribution in [3.63, 3.8) is 0 Å². The van der Waals surface area contributed by atoms with E-state index in [1.807, 2.05) is 0 Å². The molecule has 1 N–H and O–H groups in total. The van der Waals surface area contributed by atoms with Gasteiger partial charge in [-0.2, -0.15) is 0 Å². The highest BCUT2D eigenvalue weighted by atomic mass is 35.5. The van der Waals surface area contributed by atoms with Crippen LogP contribution in [0.2, 0.25) is 5.02 Å². The number of hydrogen-bond acceptors (Lipinski definition) is 7. The molecule has 24 heavy (non-hydrogen) atoms. The molecule has 0 aliphatic carbocycles. The zero-order valence-electron chi connectivity index (χ0n) is 12.5. The van der Waals surface area contributed by atoms with Crippen LogP contribution in [0.5, 0.6) is 0 Å². The Balaban J connectivity index is 2.39. The van der Waals surface area contributed by atoms with Crippen LogP contribution in [0.1, 0.15) is 20.0 Å². The number of benzene rings is 1. The van der Waals surface area contributed by atoms with Crippen LogP contribution in [0.15, 0.2) is 34.5 Å². The number of carbonyl (C=O) groups is 2. The predicted molar refractivity (Wildman–Crippen MR) is 89.3 cm³/mol. The second-order valence-electron chi connectivity index (χ2n) is 4.40. The third-order valence-corrected chi connectivity index (χ3v) is 5.69. The molecular formula is C14H12ClNO6S2. The Kier molecular flexibility index (Phi) is 5.47. The number of sulfonamides is 1. The Labute approximate surface area is 147 Å². The van der Waals surface area contributed by atoms with Gasteiger partial charge in [-0.15, -0.1) is 11.3 Å². The van der Waals surface area contributed by atoms with Crippen LogP contribution in [0, 0.1) is 0 Å². The van der Waals surface area contributed by atoms with Gasteiger partial charge in [0.2, 0.25) is 0 Å². The Morgan fingerprint density at radius 3 is 2.42 bits per heavy atom. The molecule has 0 radical (unpaired) electrons. The van der Waals surface area contributed by atoms with Crippen LogP contribution < -0.4 is 4.72 Å². The first-order valence-corrected chi connectivity index (χ1v) is 9.10. The van der Waals surface area contributed by atoms with Gasteiger partial charge in [0.1, 0.15) is 9.77 Å². The SMILES string of the molecule is COC(=O)c1cc(NS(=O)(=O)c2ccsc2C(=O)OC)ccc1Cl. The predicted octanol–water partition coefficient (Wildman–Crippen LogP) is 2.78. The van der Waals surface area contributed by atoms with Crippen molar-refractivity contribution in [2.75, 3.05) is 18.9 Å². The van der Waals surface area contributed by atoms with E-state index in [4.69, 9.17) is 11.6 Å². The molecule has 1 heterocycles. The molecule has 0 aliphatic heterocycles. The van der Waals surface area contributed by atoms with Crippen LogP contribution in [0.25, 0.3) is 0 Å². The van der Waals surface area contributed by atoms with E-state index < -0.39 is 22.0 Å². The second-order valence-corrected chi connectivity index (χ2v) is 7.37. The monoisotopic (exact) mass is 389 g/mol. The summed E-state index contributed by atoms with van der Waals surface area (Å²) >= 11 is 6.83.